The van der Waals surface area contributed by atoms with Crippen LogP contribution in [0.25, 0.3) is 22.2 Å². The lowest BCUT2D eigenvalue weighted by Crippen LogP contribution is -2.35. The molecule has 1 aliphatic carbocycles. The molecule has 2 aromatic heterocycles. The molecular formula is C23H29F2N3O2S. The molecule has 168 valence electrons. The van der Waals surface area contributed by atoms with E-state index in [1.165, 1.54) is 0 Å². The molecule has 0 unspecified atom stereocenters. The molecule has 31 heavy (non-hydrogen) atoms. The fourth-order valence-corrected chi connectivity index (χ4v) is 4.30. The molecule has 1 aliphatic rings. The van der Waals surface area contributed by atoms with Crippen molar-refractivity contribution in [3.05, 3.63) is 52.2 Å². The van der Waals surface area contributed by atoms with Crippen LogP contribution >= 0.6 is 13.5 Å². The number of pyridine rings is 1. The number of benzene rings is 1. The summed E-state index contributed by atoms with van der Waals surface area (Å²) >= 11 is 0. The molecule has 0 saturated heterocycles. The van der Waals surface area contributed by atoms with Crippen LogP contribution in [0.1, 0.15) is 44.0 Å². The number of hydrogen-bond acceptors (Lipinski definition) is 3. The van der Waals surface area contributed by atoms with Gasteiger partial charge >= 0.3 is 0 Å². The predicted octanol–water partition coefficient (Wildman–Crippen LogP) is 4.76. The topological polar surface area (TPSA) is 49.1 Å². The van der Waals surface area contributed by atoms with Gasteiger partial charge in [-0.15, -0.1) is 0 Å². The van der Waals surface area contributed by atoms with Crippen LogP contribution in [0.4, 0.5) is 8.78 Å². The monoisotopic (exact) mass is 449 g/mol. The van der Waals surface area contributed by atoms with Gasteiger partial charge in [0.2, 0.25) is 5.92 Å². The highest BCUT2D eigenvalue weighted by Gasteiger charge is 2.48. The van der Waals surface area contributed by atoms with E-state index in [1.807, 2.05) is 48.9 Å². The Balaban J connectivity index is 0.00000272. The lowest BCUT2D eigenvalue weighted by atomic mass is 9.80. The van der Waals surface area contributed by atoms with E-state index in [4.69, 9.17) is 9.72 Å². The molecule has 4 rings (SSSR count). The van der Waals surface area contributed by atoms with Crippen LogP contribution in [0.2, 0.25) is 0 Å². The highest BCUT2D eigenvalue weighted by Crippen LogP contribution is 2.48. The number of hydrogen-bond donors (Lipinski definition) is 0. The number of aromatic nitrogens is 3. The quantitative estimate of drug-likeness (QED) is 0.545. The standard InChI is InChI=1S/C23H27F2N3O2.H2S/c1-5-30-15(3)12-28-20-9-16(17-8-14(2)22(29)27(4)13-17)6-7-19(20)26-21(28)18-10-23(24,25)11-18;/h6-9,13,15,18H,5,10-12H2,1-4H3;1H2/t15-;/m0./s1. The van der Waals surface area contributed by atoms with Crippen molar-refractivity contribution in [2.24, 2.45) is 7.05 Å². The summed E-state index contributed by atoms with van der Waals surface area (Å²) in [6, 6.07) is 7.79. The van der Waals surface area contributed by atoms with E-state index in [1.54, 1.807) is 18.5 Å². The van der Waals surface area contributed by atoms with Crippen LogP contribution in [-0.2, 0) is 18.3 Å². The molecule has 0 amide bonds. The van der Waals surface area contributed by atoms with Gasteiger partial charge in [0.1, 0.15) is 5.82 Å². The van der Waals surface area contributed by atoms with Crippen LogP contribution in [-0.4, -0.2) is 32.8 Å². The minimum atomic E-state index is -2.60. The first kappa shape index (κ1) is 23.5. The maximum absolute atomic E-state index is 13.5. The van der Waals surface area contributed by atoms with Crippen molar-refractivity contribution in [2.45, 2.75) is 58.1 Å². The first-order chi connectivity index (χ1) is 14.2. The Morgan fingerprint density at radius 3 is 2.58 bits per heavy atom. The van der Waals surface area contributed by atoms with Crippen molar-refractivity contribution < 1.29 is 13.5 Å². The highest BCUT2D eigenvalue weighted by molar-refractivity contribution is 7.59. The largest absolute Gasteiger partial charge is 0.377 e. The van der Waals surface area contributed by atoms with Gasteiger partial charge < -0.3 is 13.9 Å². The molecule has 1 fully saturated rings. The Morgan fingerprint density at radius 1 is 1.26 bits per heavy atom. The SMILES string of the molecule is CCO[C@@H](C)Cn1c(C2CC(F)(F)C2)nc2ccc(-c3cc(C)c(=O)n(C)c3)cc21.S. The molecule has 0 bridgehead atoms. The number of fused-ring (bicyclic) bond motifs is 1. The summed E-state index contributed by atoms with van der Waals surface area (Å²) in [4.78, 5) is 16.8. The molecule has 0 aliphatic heterocycles. The van der Waals surface area contributed by atoms with Crippen LogP contribution in [0, 0.1) is 6.92 Å². The second kappa shape index (κ2) is 8.74. The second-order valence-corrected chi connectivity index (χ2v) is 8.34. The third-order valence-electron chi connectivity index (χ3n) is 5.82. The fraction of sp³-hybridized carbons (Fsp3) is 0.478. The van der Waals surface area contributed by atoms with E-state index in [2.05, 4.69) is 0 Å². The summed E-state index contributed by atoms with van der Waals surface area (Å²) in [5.74, 6) is -2.14. The normalized spacial score (nSPS) is 16.7. The molecule has 1 saturated carbocycles. The average Bonchev–Trinajstić information content (AvgIpc) is 3.01. The van der Waals surface area contributed by atoms with Gasteiger partial charge in [0, 0.05) is 44.2 Å². The lowest BCUT2D eigenvalue weighted by molar-refractivity contribution is -0.0892. The van der Waals surface area contributed by atoms with Gasteiger partial charge in [-0.05, 0) is 50.1 Å². The zero-order valence-electron chi connectivity index (χ0n) is 18.3. The Labute approximate surface area is 187 Å². The number of aryl methyl sites for hydroxylation is 2. The minimum absolute atomic E-state index is 0. The van der Waals surface area contributed by atoms with Crippen molar-refractivity contribution in [1.82, 2.24) is 14.1 Å². The maximum atomic E-state index is 13.5. The fourth-order valence-electron chi connectivity index (χ4n) is 4.30. The number of ether oxygens (including phenoxy) is 1. The van der Waals surface area contributed by atoms with Crippen molar-refractivity contribution in [1.29, 1.82) is 0 Å². The van der Waals surface area contributed by atoms with Gasteiger partial charge in [-0.3, -0.25) is 4.79 Å². The van der Waals surface area contributed by atoms with Gasteiger partial charge in [0.15, 0.2) is 0 Å². The summed E-state index contributed by atoms with van der Waals surface area (Å²) in [6.07, 6.45) is 1.43. The van der Waals surface area contributed by atoms with E-state index < -0.39 is 5.92 Å². The smallest absolute Gasteiger partial charge is 0.253 e. The zero-order chi connectivity index (χ0) is 21.6. The van der Waals surface area contributed by atoms with E-state index in [0.29, 0.717) is 24.5 Å². The van der Waals surface area contributed by atoms with Crippen LogP contribution in [0.5, 0.6) is 0 Å². The number of nitrogens with zero attached hydrogens (tertiary/aromatic N) is 3. The summed E-state index contributed by atoms with van der Waals surface area (Å²) in [5, 5.41) is 0. The van der Waals surface area contributed by atoms with E-state index in [-0.39, 0.29) is 43.9 Å². The van der Waals surface area contributed by atoms with Crippen molar-refractivity contribution >= 4 is 24.5 Å². The first-order valence-electron chi connectivity index (χ1n) is 10.4. The Kier molecular flexibility index (Phi) is 6.62. The van der Waals surface area contributed by atoms with Crippen molar-refractivity contribution in [3.63, 3.8) is 0 Å². The lowest BCUT2D eigenvalue weighted by Gasteiger charge is -2.34. The van der Waals surface area contributed by atoms with Gasteiger partial charge in [-0.25, -0.2) is 13.8 Å². The molecule has 5 nitrogen and oxygen atoms in total. The van der Waals surface area contributed by atoms with E-state index >= 15 is 0 Å². The molecule has 3 aromatic rings. The summed E-state index contributed by atoms with van der Waals surface area (Å²) in [7, 11) is 1.74. The molecule has 1 atom stereocenters. The van der Waals surface area contributed by atoms with Gasteiger partial charge in [-0.2, -0.15) is 13.5 Å². The second-order valence-electron chi connectivity index (χ2n) is 8.34. The van der Waals surface area contributed by atoms with Crippen molar-refractivity contribution in [3.8, 4) is 11.1 Å². The number of rotatable bonds is 6. The Morgan fingerprint density at radius 2 is 1.97 bits per heavy atom. The van der Waals surface area contributed by atoms with Gasteiger partial charge in [0.25, 0.3) is 5.56 Å². The van der Waals surface area contributed by atoms with Crippen molar-refractivity contribution in [2.75, 3.05) is 6.61 Å². The number of halogens is 2. The molecule has 0 N–H and O–H groups in total. The molecule has 0 radical (unpaired) electrons. The minimum Gasteiger partial charge on any atom is -0.377 e. The van der Waals surface area contributed by atoms with Gasteiger partial charge in [0.05, 0.1) is 23.7 Å². The molecule has 2 heterocycles. The Hall–Kier alpha value is -2.19. The van der Waals surface area contributed by atoms with Crippen LogP contribution in [0.15, 0.2) is 35.3 Å². The summed E-state index contributed by atoms with van der Waals surface area (Å²) in [6.45, 7) is 6.86. The van der Waals surface area contributed by atoms with E-state index in [0.717, 1.165) is 22.2 Å². The van der Waals surface area contributed by atoms with Gasteiger partial charge in [-0.1, -0.05) is 6.07 Å². The predicted molar refractivity (Wildman–Crippen MR) is 124 cm³/mol. The third-order valence-corrected chi connectivity index (χ3v) is 5.82. The zero-order valence-corrected chi connectivity index (χ0v) is 19.3. The maximum Gasteiger partial charge on any atom is 0.253 e. The van der Waals surface area contributed by atoms with Crippen LogP contribution in [0.3, 0.4) is 0 Å². The van der Waals surface area contributed by atoms with Crippen LogP contribution < -0.4 is 5.56 Å². The summed E-state index contributed by atoms with van der Waals surface area (Å²) < 4.78 is 36.4. The van der Waals surface area contributed by atoms with E-state index in [9.17, 15) is 13.6 Å². The number of imidazole rings is 1. The summed E-state index contributed by atoms with van der Waals surface area (Å²) in [5.41, 5.74) is 4.22. The average molecular weight is 450 g/mol. The number of alkyl halides is 2. The molecule has 1 aromatic carbocycles. The third kappa shape index (κ3) is 4.55. The first-order valence-corrected chi connectivity index (χ1v) is 10.4. The molecule has 8 heteroatoms. The highest BCUT2D eigenvalue weighted by atomic mass is 32.1. The Bertz CT molecular complexity index is 1120. The molecular weight excluding hydrogens is 420 g/mol. The molecule has 0 spiro atoms.